The van der Waals surface area contributed by atoms with E-state index in [0.29, 0.717) is 5.82 Å². The van der Waals surface area contributed by atoms with Crippen molar-refractivity contribution in [3.8, 4) is 10.6 Å². The monoisotopic (exact) mass is 268 g/mol. The van der Waals surface area contributed by atoms with E-state index in [0.717, 1.165) is 15.0 Å². The Balaban J connectivity index is 2.55. The van der Waals surface area contributed by atoms with E-state index in [2.05, 4.69) is 40.0 Å². The van der Waals surface area contributed by atoms with Gasteiger partial charge >= 0.3 is 0 Å². The van der Waals surface area contributed by atoms with Crippen LogP contribution in [0, 0.1) is 6.92 Å². The van der Waals surface area contributed by atoms with Gasteiger partial charge in [-0.25, -0.2) is 4.98 Å². The molecule has 2 nitrogen and oxygen atoms in total. The van der Waals surface area contributed by atoms with Crippen LogP contribution in [0.3, 0.4) is 0 Å². The molecule has 2 N–H and O–H groups in total. The lowest BCUT2D eigenvalue weighted by Crippen LogP contribution is -1.85. The molecule has 0 amide bonds. The molecule has 0 aliphatic carbocycles. The molecule has 4 heteroatoms. The minimum atomic E-state index is 0.587. The number of aromatic nitrogens is 1. The van der Waals surface area contributed by atoms with E-state index in [1.807, 2.05) is 11.4 Å². The lowest BCUT2D eigenvalue weighted by atomic mass is 10.1. The number of aryl methyl sites for hydroxylation is 1. The number of hydrogen-bond donors (Lipinski definition) is 1. The molecule has 0 bridgehead atoms. The predicted molar refractivity (Wildman–Crippen MR) is 64.4 cm³/mol. The maximum absolute atomic E-state index is 5.59. The number of nitrogen functional groups attached to an aromatic ring is 1. The van der Waals surface area contributed by atoms with Crippen LogP contribution in [-0.2, 0) is 0 Å². The number of anilines is 1. The summed E-state index contributed by atoms with van der Waals surface area (Å²) >= 11 is 5.01. The first-order chi connectivity index (χ1) is 6.66. The summed E-state index contributed by atoms with van der Waals surface area (Å²) in [7, 11) is 0. The molecular weight excluding hydrogens is 260 g/mol. The maximum atomic E-state index is 5.59. The highest BCUT2D eigenvalue weighted by molar-refractivity contribution is 9.10. The second-order valence-corrected chi connectivity index (χ2v) is 4.81. The molecule has 1 aromatic heterocycles. The smallest absolute Gasteiger partial charge is 0.135 e. The third-order valence-corrected chi connectivity index (χ3v) is 3.34. The Kier molecular flexibility index (Phi) is 2.56. The van der Waals surface area contributed by atoms with Crippen molar-refractivity contribution in [2.45, 2.75) is 6.92 Å². The molecule has 2 aromatic rings. The fourth-order valence-electron chi connectivity index (χ4n) is 1.23. The normalized spacial score (nSPS) is 10.4. The average molecular weight is 269 g/mol. The van der Waals surface area contributed by atoms with E-state index in [4.69, 9.17) is 5.73 Å². The van der Waals surface area contributed by atoms with E-state index in [1.54, 1.807) is 11.3 Å². The average Bonchev–Trinajstić information content (AvgIpc) is 2.56. The van der Waals surface area contributed by atoms with Crippen molar-refractivity contribution in [3.05, 3.63) is 33.6 Å². The largest absolute Gasteiger partial charge is 0.383 e. The fourth-order valence-corrected chi connectivity index (χ4v) is 2.39. The van der Waals surface area contributed by atoms with Gasteiger partial charge in [0.2, 0.25) is 0 Å². The number of hydrogen-bond acceptors (Lipinski definition) is 3. The van der Waals surface area contributed by atoms with Crippen LogP contribution in [0.5, 0.6) is 0 Å². The van der Waals surface area contributed by atoms with Crippen molar-refractivity contribution in [1.82, 2.24) is 4.98 Å². The van der Waals surface area contributed by atoms with Crippen molar-refractivity contribution in [1.29, 1.82) is 0 Å². The molecule has 0 spiro atoms. The van der Waals surface area contributed by atoms with Crippen LogP contribution in [0.15, 0.2) is 28.1 Å². The second-order valence-electron chi connectivity index (χ2n) is 3.04. The first-order valence-electron chi connectivity index (χ1n) is 4.14. The molecule has 0 saturated heterocycles. The zero-order valence-electron chi connectivity index (χ0n) is 7.62. The Labute approximate surface area is 94.9 Å². The Morgan fingerprint density at radius 3 is 2.86 bits per heavy atom. The lowest BCUT2D eigenvalue weighted by molar-refractivity contribution is 1.38. The van der Waals surface area contributed by atoms with Crippen LogP contribution >= 0.6 is 27.3 Å². The first-order valence-corrected chi connectivity index (χ1v) is 5.81. The van der Waals surface area contributed by atoms with Gasteiger partial charge < -0.3 is 5.73 Å². The standard InChI is InChI=1S/C10H9BrN2S/c1-6-2-3-7(11)4-8(6)10-13-9(12)5-14-10/h2-5H,12H2,1H3. The molecule has 1 aromatic carbocycles. The third-order valence-electron chi connectivity index (χ3n) is 1.95. The van der Waals surface area contributed by atoms with Crippen molar-refractivity contribution in [2.75, 3.05) is 5.73 Å². The van der Waals surface area contributed by atoms with Gasteiger partial charge in [0.25, 0.3) is 0 Å². The van der Waals surface area contributed by atoms with Crippen molar-refractivity contribution >= 4 is 33.1 Å². The number of thiazole rings is 1. The molecule has 0 aliphatic heterocycles. The van der Waals surface area contributed by atoms with Crippen molar-refractivity contribution in [3.63, 3.8) is 0 Å². The third kappa shape index (κ3) is 1.81. The first kappa shape index (κ1) is 9.68. The molecule has 0 radical (unpaired) electrons. The van der Waals surface area contributed by atoms with Gasteiger partial charge in [-0.15, -0.1) is 11.3 Å². The molecule has 1 heterocycles. The second kappa shape index (κ2) is 3.71. The van der Waals surface area contributed by atoms with Crippen molar-refractivity contribution < 1.29 is 0 Å². The van der Waals surface area contributed by atoms with Gasteiger partial charge in [-0.05, 0) is 24.6 Å². The number of benzene rings is 1. The minimum absolute atomic E-state index is 0.587. The van der Waals surface area contributed by atoms with Crippen LogP contribution < -0.4 is 5.73 Å². The van der Waals surface area contributed by atoms with E-state index in [-0.39, 0.29) is 0 Å². The van der Waals surface area contributed by atoms with Gasteiger partial charge in [0.15, 0.2) is 0 Å². The van der Waals surface area contributed by atoms with Gasteiger partial charge in [0, 0.05) is 15.4 Å². The summed E-state index contributed by atoms with van der Waals surface area (Å²) in [5, 5.41) is 2.83. The number of nitrogens with two attached hydrogens (primary N) is 1. The Hall–Kier alpha value is -0.870. The Morgan fingerprint density at radius 1 is 1.43 bits per heavy atom. The fraction of sp³-hybridized carbons (Fsp3) is 0.100. The zero-order valence-corrected chi connectivity index (χ0v) is 10.0. The highest BCUT2D eigenvalue weighted by Crippen LogP contribution is 2.29. The number of rotatable bonds is 1. The summed E-state index contributed by atoms with van der Waals surface area (Å²) in [6.45, 7) is 2.07. The van der Waals surface area contributed by atoms with Crippen LogP contribution in [0.2, 0.25) is 0 Å². The summed E-state index contributed by atoms with van der Waals surface area (Å²) in [6.07, 6.45) is 0. The summed E-state index contributed by atoms with van der Waals surface area (Å²) in [4.78, 5) is 4.26. The summed E-state index contributed by atoms with van der Waals surface area (Å²) in [5.74, 6) is 0.587. The molecular formula is C10H9BrN2S. The highest BCUT2D eigenvalue weighted by atomic mass is 79.9. The number of nitrogens with zero attached hydrogens (tertiary/aromatic N) is 1. The molecule has 0 aliphatic rings. The topological polar surface area (TPSA) is 38.9 Å². The maximum Gasteiger partial charge on any atom is 0.135 e. The summed E-state index contributed by atoms with van der Waals surface area (Å²) < 4.78 is 1.06. The SMILES string of the molecule is Cc1ccc(Br)cc1-c1nc(N)cs1. The van der Waals surface area contributed by atoms with Crippen LogP contribution in [0.1, 0.15) is 5.56 Å². The van der Waals surface area contributed by atoms with Gasteiger partial charge in [-0.1, -0.05) is 22.0 Å². The van der Waals surface area contributed by atoms with Gasteiger partial charge in [0.05, 0.1) is 0 Å². The van der Waals surface area contributed by atoms with Gasteiger partial charge in [0.1, 0.15) is 10.8 Å². The summed E-state index contributed by atoms with van der Waals surface area (Å²) in [5.41, 5.74) is 7.94. The van der Waals surface area contributed by atoms with Crippen LogP contribution in [0.4, 0.5) is 5.82 Å². The quantitative estimate of drug-likeness (QED) is 0.861. The van der Waals surface area contributed by atoms with E-state index < -0.39 is 0 Å². The molecule has 0 atom stereocenters. The predicted octanol–water partition coefficient (Wildman–Crippen LogP) is 3.46. The molecule has 0 fully saturated rings. The molecule has 0 saturated carbocycles. The van der Waals surface area contributed by atoms with Gasteiger partial charge in [-0.3, -0.25) is 0 Å². The zero-order chi connectivity index (χ0) is 10.1. The lowest BCUT2D eigenvalue weighted by Gasteiger charge is -2.02. The minimum Gasteiger partial charge on any atom is -0.383 e. The van der Waals surface area contributed by atoms with Gasteiger partial charge in [-0.2, -0.15) is 0 Å². The molecule has 2 rings (SSSR count). The number of halogens is 1. The van der Waals surface area contributed by atoms with Crippen molar-refractivity contribution in [2.24, 2.45) is 0 Å². The Bertz CT molecular complexity index is 465. The molecule has 0 unspecified atom stereocenters. The Morgan fingerprint density at radius 2 is 2.21 bits per heavy atom. The molecule has 72 valence electrons. The van der Waals surface area contributed by atoms with E-state index in [1.165, 1.54) is 5.56 Å². The van der Waals surface area contributed by atoms with E-state index in [9.17, 15) is 0 Å². The van der Waals surface area contributed by atoms with Crippen LogP contribution in [0.25, 0.3) is 10.6 Å². The highest BCUT2D eigenvalue weighted by Gasteiger charge is 2.06. The summed E-state index contributed by atoms with van der Waals surface area (Å²) in [6, 6.07) is 6.15. The van der Waals surface area contributed by atoms with Crippen LogP contribution in [-0.4, -0.2) is 4.98 Å². The molecule has 14 heavy (non-hydrogen) atoms. The van der Waals surface area contributed by atoms with E-state index >= 15 is 0 Å².